The minimum Gasteiger partial charge on any atom is -0.465 e. The molecule has 1 aliphatic heterocycles. The average molecular weight is 473 g/mol. The Morgan fingerprint density at radius 3 is 2.65 bits per heavy atom. The van der Waals surface area contributed by atoms with Gasteiger partial charge in [-0.1, -0.05) is 0 Å². The van der Waals surface area contributed by atoms with Gasteiger partial charge in [-0.25, -0.2) is 23.5 Å². The molecule has 2 fully saturated rings. The molecular formula is C22H25F2N7O3. The molecule has 0 unspecified atom stereocenters. The van der Waals surface area contributed by atoms with Gasteiger partial charge in [-0.2, -0.15) is 5.26 Å². The Morgan fingerprint density at radius 2 is 2.00 bits per heavy atom. The Hall–Kier alpha value is -3.72. The summed E-state index contributed by atoms with van der Waals surface area (Å²) in [5.41, 5.74) is -0.0652. The van der Waals surface area contributed by atoms with Gasteiger partial charge in [0.05, 0.1) is 36.7 Å². The van der Waals surface area contributed by atoms with Crippen molar-refractivity contribution in [3.63, 3.8) is 0 Å². The largest absolute Gasteiger partial charge is 0.465 e. The van der Waals surface area contributed by atoms with Crippen LogP contribution >= 0.6 is 0 Å². The SMILES string of the molecule is C[C@H](NC(=O)O)[C@@H](Nc1nc(Nc2cc(N3CCOCC3)ncc2F)c(C#N)cc1F)C1CC1. The van der Waals surface area contributed by atoms with Crippen LogP contribution in [-0.4, -0.2) is 59.6 Å². The molecule has 34 heavy (non-hydrogen) atoms. The second-order valence-corrected chi connectivity index (χ2v) is 8.32. The predicted octanol–water partition coefficient (Wildman–Crippen LogP) is 3.05. The Kier molecular flexibility index (Phi) is 6.93. The lowest BCUT2D eigenvalue weighted by Crippen LogP contribution is -2.45. The fourth-order valence-corrected chi connectivity index (χ4v) is 3.94. The summed E-state index contributed by atoms with van der Waals surface area (Å²) >= 11 is 0. The van der Waals surface area contributed by atoms with Crippen LogP contribution in [-0.2, 0) is 4.74 Å². The van der Waals surface area contributed by atoms with E-state index in [1.807, 2.05) is 11.0 Å². The molecule has 180 valence electrons. The number of morpholine rings is 1. The van der Waals surface area contributed by atoms with E-state index in [9.17, 15) is 18.8 Å². The van der Waals surface area contributed by atoms with Gasteiger partial charge >= 0.3 is 6.09 Å². The number of nitrogens with one attached hydrogen (secondary N) is 3. The van der Waals surface area contributed by atoms with E-state index in [1.54, 1.807) is 6.92 Å². The van der Waals surface area contributed by atoms with Crippen LogP contribution in [0, 0.1) is 28.9 Å². The highest BCUT2D eigenvalue weighted by Gasteiger charge is 2.36. The molecule has 1 aliphatic carbocycles. The van der Waals surface area contributed by atoms with E-state index >= 15 is 0 Å². The highest BCUT2D eigenvalue weighted by molar-refractivity contribution is 5.68. The summed E-state index contributed by atoms with van der Waals surface area (Å²) in [6, 6.07) is 3.48. The first-order chi connectivity index (χ1) is 16.4. The molecule has 0 aromatic carbocycles. The molecular weight excluding hydrogens is 448 g/mol. The molecule has 10 nitrogen and oxygen atoms in total. The van der Waals surface area contributed by atoms with Gasteiger partial charge < -0.3 is 30.7 Å². The predicted molar refractivity (Wildman–Crippen MR) is 120 cm³/mol. The van der Waals surface area contributed by atoms with Gasteiger partial charge in [0.1, 0.15) is 11.9 Å². The summed E-state index contributed by atoms with van der Waals surface area (Å²) in [5, 5.41) is 26.7. The van der Waals surface area contributed by atoms with E-state index in [-0.39, 0.29) is 28.8 Å². The first-order valence-corrected chi connectivity index (χ1v) is 11.0. The monoisotopic (exact) mass is 473 g/mol. The first-order valence-electron chi connectivity index (χ1n) is 11.0. The van der Waals surface area contributed by atoms with Gasteiger partial charge in [0.2, 0.25) is 0 Å². The van der Waals surface area contributed by atoms with Gasteiger partial charge in [-0.15, -0.1) is 0 Å². The maximum atomic E-state index is 14.8. The lowest BCUT2D eigenvalue weighted by molar-refractivity contribution is 0.122. The molecule has 1 saturated heterocycles. The van der Waals surface area contributed by atoms with Crippen molar-refractivity contribution < 1.29 is 23.4 Å². The van der Waals surface area contributed by atoms with Crippen molar-refractivity contribution in [1.82, 2.24) is 15.3 Å². The number of halogens is 2. The highest BCUT2D eigenvalue weighted by Crippen LogP contribution is 2.36. The normalized spacial score (nSPS) is 17.4. The van der Waals surface area contributed by atoms with Crippen molar-refractivity contribution in [2.24, 2.45) is 5.92 Å². The van der Waals surface area contributed by atoms with E-state index in [0.717, 1.165) is 25.1 Å². The number of carboxylic acid groups (broad SMARTS) is 1. The van der Waals surface area contributed by atoms with E-state index < -0.39 is 29.8 Å². The summed E-state index contributed by atoms with van der Waals surface area (Å²) in [7, 11) is 0. The molecule has 2 aliphatic rings. The molecule has 2 aromatic heterocycles. The third-order valence-electron chi connectivity index (χ3n) is 5.85. The maximum Gasteiger partial charge on any atom is 0.404 e. The number of hydrogen-bond donors (Lipinski definition) is 4. The van der Waals surface area contributed by atoms with Gasteiger partial charge in [0, 0.05) is 25.2 Å². The Morgan fingerprint density at radius 1 is 1.26 bits per heavy atom. The van der Waals surface area contributed by atoms with Crippen molar-refractivity contribution >= 4 is 29.2 Å². The van der Waals surface area contributed by atoms with Crippen LogP contribution in [0.25, 0.3) is 0 Å². The topological polar surface area (TPSA) is 135 Å². The minimum atomic E-state index is -1.18. The fraction of sp³-hybridized carbons (Fsp3) is 0.455. The maximum absolute atomic E-state index is 14.8. The Bertz CT molecular complexity index is 1100. The quantitative estimate of drug-likeness (QED) is 0.456. The number of amides is 1. The number of nitriles is 1. The van der Waals surface area contributed by atoms with Crippen molar-refractivity contribution in [3.05, 3.63) is 35.5 Å². The summed E-state index contributed by atoms with van der Waals surface area (Å²) < 4.78 is 34.7. The number of carbonyl (C=O) groups is 1. The fourth-order valence-electron chi connectivity index (χ4n) is 3.94. The number of anilines is 4. The number of ether oxygens (including phenoxy) is 1. The van der Waals surface area contributed by atoms with Gasteiger partial charge in [0.25, 0.3) is 0 Å². The Balaban J connectivity index is 1.60. The van der Waals surface area contributed by atoms with E-state index in [2.05, 4.69) is 25.9 Å². The molecule has 1 saturated carbocycles. The van der Waals surface area contributed by atoms with Crippen LogP contribution in [0.15, 0.2) is 18.3 Å². The smallest absolute Gasteiger partial charge is 0.404 e. The number of nitrogens with zero attached hydrogens (tertiary/aromatic N) is 4. The molecule has 0 spiro atoms. The lowest BCUT2D eigenvalue weighted by atomic mass is 10.0. The molecule has 2 aromatic rings. The second kappa shape index (κ2) is 10.0. The van der Waals surface area contributed by atoms with Gasteiger partial charge in [-0.3, -0.25) is 0 Å². The van der Waals surface area contributed by atoms with Crippen molar-refractivity contribution in [3.8, 4) is 6.07 Å². The zero-order valence-corrected chi connectivity index (χ0v) is 18.5. The van der Waals surface area contributed by atoms with Crippen molar-refractivity contribution in [1.29, 1.82) is 5.26 Å². The first kappa shape index (κ1) is 23.4. The highest BCUT2D eigenvalue weighted by atomic mass is 19.1. The molecule has 2 atom stereocenters. The Labute approximate surface area is 194 Å². The van der Waals surface area contributed by atoms with Crippen LogP contribution in [0.5, 0.6) is 0 Å². The lowest BCUT2D eigenvalue weighted by Gasteiger charge is -2.28. The van der Waals surface area contributed by atoms with Crippen LogP contribution < -0.4 is 20.9 Å². The third-order valence-corrected chi connectivity index (χ3v) is 5.85. The number of aromatic nitrogens is 2. The second-order valence-electron chi connectivity index (χ2n) is 8.32. The van der Waals surface area contributed by atoms with Gasteiger partial charge in [-0.05, 0) is 31.7 Å². The molecule has 3 heterocycles. The molecule has 4 N–H and O–H groups in total. The van der Waals surface area contributed by atoms with Gasteiger partial charge in [0.15, 0.2) is 23.3 Å². The minimum absolute atomic E-state index is 0.0298. The third kappa shape index (κ3) is 5.43. The number of hydrogen-bond acceptors (Lipinski definition) is 8. The summed E-state index contributed by atoms with van der Waals surface area (Å²) in [5.74, 6) is -0.911. The van der Waals surface area contributed by atoms with Crippen LogP contribution in [0.2, 0.25) is 0 Å². The van der Waals surface area contributed by atoms with E-state index in [1.165, 1.54) is 6.07 Å². The van der Waals surface area contributed by atoms with Crippen LogP contribution in [0.4, 0.5) is 36.7 Å². The van der Waals surface area contributed by atoms with E-state index in [4.69, 9.17) is 9.84 Å². The summed E-state index contributed by atoms with van der Waals surface area (Å²) in [6.07, 6.45) is 1.64. The standard InChI is InChI=1S/C22H25F2N7O3/c1-12(27-22(32)33)19(13-2-3-13)29-21-15(23)8-14(10-25)20(30-21)28-17-9-18(26-11-16(17)24)31-4-6-34-7-5-31/h8-9,11-13,19,27H,2-7H2,1H3,(H,32,33)(H2,26,28,29,30)/t12-,19+/m0/s1. The van der Waals surface area contributed by atoms with Crippen LogP contribution in [0.1, 0.15) is 25.3 Å². The average Bonchev–Trinajstić information content (AvgIpc) is 3.65. The number of pyridine rings is 2. The molecule has 0 radical (unpaired) electrons. The van der Waals surface area contributed by atoms with Crippen LogP contribution in [0.3, 0.4) is 0 Å². The van der Waals surface area contributed by atoms with E-state index in [0.29, 0.717) is 32.1 Å². The zero-order valence-electron chi connectivity index (χ0n) is 18.5. The molecule has 0 bridgehead atoms. The molecule has 4 rings (SSSR count). The number of rotatable bonds is 8. The van der Waals surface area contributed by atoms with Crippen molar-refractivity contribution in [2.45, 2.75) is 31.8 Å². The molecule has 12 heteroatoms. The molecule has 1 amide bonds. The summed E-state index contributed by atoms with van der Waals surface area (Å²) in [6.45, 7) is 3.97. The van der Waals surface area contributed by atoms with Crippen molar-refractivity contribution in [2.75, 3.05) is 41.8 Å². The summed E-state index contributed by atoms with van der Waals surface area (Å²) in [4.78, 5) is 21.4. The zero-order chi connectivity index (χ0) is 24.2.